The predicted octanol–water partition coefficient (Wildman–Crippen LogP) is 3.53. The van der Waals surface area contributed by atoms with Crippen molar-refractivity contribution >= 4 is 22.9 Å². The van der Waals surface area contributed by atoms with Crippen molar-refractivity contribution in [3.8, 4) is 0 Å². The van der Waals surface area contributed by atoms with Gasteiger partial charge in [0.2, 0.25) is 0 Å². The average molecular weight is 428 g/mol. The largest absolute Gasteiger partial charge is 0.452 e. The number of pyridine rings is 1. The van der Waals surface area contributed by atoms with Crippen molar-refractivity contribution < 1.29 is 14.3 Å². The maximum atomic E-state index is 12.6. The lowest BCUT2D eigenvalue weighted by Gasteiger charge is -2.19. The Hall–Kier alpha value is -4.00. The number of rotatable bonds is 7. The molecule has 32 heavy (non-hydrogen) atoms. The maximum Gasteiger partial charge on any atom is 0.340 e. The van der Waals surface area contributed by atoms with Crippen LogP contribution in [0.5, 0.6) is 0 Å². The lowest BCUT2D eigenvalue weighted by molar-refractivity contribution is -0.125. The number of carbonyl (C=O) groups excluding carboxylic acids is 2. The van der Waals surface area contributed by atoms with Crippen LogP contribution in [-0.2, 0) is 23.0 Å². The van der Waals surface area contributed by atoms with Crippen molar-refractivity contribution in [1.29, 1.82) is 0 Å². The molecule has 0 saturated carbocycles. The van der Waals surface area contributed by atoms with Gasteiger partial charge in [-0.05, 0) is 30.5 Å². The molecule has 0 spiro atoms. The number of fused-ring (bicyclic) bond motifs is 1. The van der Waals surface area contributed by atoms with E-state index in [1.807, 2.05) is 67.6 Å². The fraction of sp³-hybridized carbons (Fsp3) is 0.200. The number of carbonyl (C=O) groups is 2. The third-order valence-electron chi connectivity index (χ3n) is 5.25. The smallest absolute Gasteiger partial charge is 0.340 e. The van der Waals surface area contributed by atoms with Crippen molar-refractivity contribution in [2.45, 2.75) is 19.4 Å². The maximum absolute atomic E-state index is 12.6. The summed E-state index contributed by atoms with van der Waals surface area (Å²) in [4.78, 5) is 29.4. The van der Waals surface area contributed by atoms with Gasteiger partial charge in [0.1, 0.15) is 0 Å². The Morgan fingerprint density at radius 2 is 1.75 bits per heavy atom. The summed E-state index contributed by atoms with van der Waals surface area (Å²) in [5, 5.41) is 8.06. The number of benzene rings is 2. The van der Waals surface area contributed by atoms with E-state index in [0.29, 0.717) is 12.1 Å². The first kappa shape index (κ1) is 21.2. The third-order valence-corrected chi connectivity index (χ3v) is 5.25. The zero-order chi connectivity index (χ0) is 22.5. The molecule has 0 aliphatic rings. The van der Waals surface area contributed by atoms with Crippen molar-refractivity contribution in [2.24, 2.45) is 7.05 Å². The van der Waals surface area contributed by atoms with Gasteiger partial charge in [-0.15, -0.1) is 0 Å². The Morgan fingerprint density at radius 3 is 2.47 bits per heavy atom. The molecule has 0 aliphatic carbocycles. The Labute approximate surface area is 186 Å². The summed E-state index contributed by atoms with van der Waals surface area (Å²) >= 11 is 0. The molecule has 2 aromatic heterocycles. The lowest BCUT2D eigenvalue weighted by Crippen LogP contribution is -2.33. The van der Waals surface area contributed by atoms with Crippen LogP contribution < -0.4 is 5.32 Å². The van der Waals surface area contributed by atoms with Gasteiger partial charge >= 0.3 is 5.97 Å². The van der Waals surface area contributed by atoms with Gasteiger partial charge in [0, 0.05) is 18.6 Å². The first-order valence-electron chi connectivity index (χ1n) is 10.4. The molecule has 2 heterocycles. The van der Waals surface area contributed by atoms with E-state index in [1.54, 1.807) is 17.8 Å². The fourth-order valence-corrected chi connectivity index (χ4v) is 3.66. The van der Waals surface area contributed by atoms with E-state index >= 15 is 0 Å². The second kappa shape index (κ2) is 9.43. The van der Waals surface area contributed by atoms with Gasteiger partial charge in [-0.1, -0.05) is 60.7 Å². The summed E-state index contributed by atoms with van der Waals surface area (Å²) in [5.74, 6) is -0.966. The van der Waals surface area contributed by atoms with E-state index in [4.69, 9.17) is 4.74 Å². The molecule has 1 atom stereocenters. The number of hydrogen-bond acceptors (Lipinski definition) is 5. The molecule has 1 amide bonds. The topological polar surface area (TPSA) is 86.1 Å². The minimum Gasteiger partial charge on any atom is -0.452 e. The van der Waals surface area contributed by atoms with Gasteiger partial charge in [-0.25, -0.2) is 9.78 Å². The number of ether oxygens (including phenoxy) is 1. The molecule has 162 valence electrons. The molecule has 7 nitrogen and oxygen atoms in total. The number of nitrogens with one attached hydrogen (secondary N) is 1. The van der Waals surface area contributed by atoms with Gasteiger partial charge < -0.3 is 10.1 Å². The second-order valence-corrected chi connectivity index (χ2v) is 7.60. The molecule has 4 rings (SSSR count). The van der Waals surface area contributed by atoms with Crippen LogP contribution in [0, 0.1) is 6.92 Å². The average Bonchev–Trinajstić information content (AvgIpc) is 3.11. The standard InChI is InChI=1S/C25H24N4O3/c1-17-21-14-20(15-26-24(21)29(2)28-17)25(31)32-16-23(30)27-22(19-11-7-4-8-12-19)13-18-9-5-3-6-10-18/h3-12,14-15,22H,13,16H2,1-2H3,(H,27,30). The zero-order valence-electron chi connectivity index (χ0n) is 18.0. The van der Waals surface area contributed by atoms with Crippen LogP contribution in [0.15, 0.2) is 72.9 Å². The van der Waals surface area contributed by atoms with Gasteiger partial charge in [-0.2, -0.15) is 5.10 Å². The van der Waals surface area contributed by atoms with Crippen molar-refractivity contribution in [2.75, 3.05) is 6.61 Å². The van der Waals surface area contributed by atoms with Crippen molar-refractivity contribution in [1.82, 2.24) is 20.1 Å². The number of hydrogen-bond donors (Lipinski definition) is 1. The first-order chi connectivity index (χ1) is 15.5. The van der Waals surface area contributed by atoms with Crippen LogP contribution in [0.25, 0.3) is 11.0 Å². The minimum atomic E-state index is -0.600. The molecular formula is C25H24N4O3. The molecule has 0 saturated heterocycles. The molecule has 2 aromatic carbocycles. The van der Waals surface area contributed by atoms with Gasteiger partial charge in [0.25, 0.3) is 5.91 Å². The van der Waals surface area contributed by atoms with Crippen LogP contribution in [0.2, 0.25) is 0 Å². The van der Waals surface area contributed by atoms with Crippen molar-refractivity contribution in [3.05, 3.63) is 95.3 Å². The third kappa shape index (κ3) is 4.83. The lowest BCUT2D eigenvalue weighted by atomic mass is 9.99. The molecule has 0 radical (unpaired) electrons. The van der Waals surface area contributed by atoms with E-state index in [2.05, 4.69) is 15.4 Å². The SMILES string of the molecule is Cc1nn(C)c2ncc(C(=O)OCC(=O)NC(Cc3ccccc3)c3ccccc3)cc12. The highest BCUT2D eigenvalue weighted by atomic mass is 16.5. The predicted molar refractivity (Wildman–Crippen MR) is 121 cm³/mol. The summed E-state index contributed by atoms with van der Waals surface area (Å²) in [6.45, 7) is 1.48. The normalized spacial score (nSPS) is 11.8. The van der Waals surface area contributed by atoms with Crippen LogP contribution in [0.3, 0.4) is 0 Å². The molecule has 0 bridgehead atoms. The summed E-state index contributed by atoms with van der Waals surface area (Å²) in [6.07, 6.45) is 2.07. The molecule has 1 N–H and O–H groups in total. The molecule has 4 aromatic rings. The van der Waals surface area contributed by atoms with Crippen LogP contribution in [0.1, 0.15) is 33.2 Å². The van der Waals surface area contributed by atoms with E-state index < -0.39 is 5.97 Å². The quantitative estimate of drug-likeness (QED) is 0.455. The summed E-state index contributed by atoms with van der Waals surface area (Å²) in [7, 11) is 1.79. The number of esters is 1. The van der Waals surface area contributed by atoms with E-state index in [9.17, 15) is 9.59 Å². The highest BCUT2D eigenvalue weighted by Gasteiger charge is 2.18. The molecule has 7 heteroatoms. The van der Waals surface area contributed by atoms with Crippen LogP contribution in [-0.4, -0.2) is 33.2 Å². The molecule has 0 fully saturated rings. The van der Waals surface area contributed by atoms with E-state index in [-0.39, 0.29) is 24.1 Å². The summed E-state index contributed by atoms with van der Waals surface area (Å²) in [6, 6.07) is 21.1. The monoisotopic (exact) mass is 428 g/mol. The zero-order valence-corrected chi connectivity index (χ0v) is 18.0. The van der Waals surface area contributed by atoms with Crippen LogP contribution >= 0.6 is 0 Å². The Morgan fingerprint density at radius 1 is 1.06 bits per heavy atom. The number of nitrogens with zero attached hydrogens (tertiary/aromatic N) is 3. The van der Waals surface area contributed by atoms with E-state index in [1.165, 1.54) is 6.20 Å². The van der Waals surface area contributed by atoms with Gasteiger partial charge in [0.15, 0.2) is 12.3 Å². The minimum absolute atomic E-state index is 0.235. The Balaban J connectivity index is 1.42. The summed E-state index contributed by atoms with van der Waals surface area (Å²) in [5.41, 5.74) is 3.82. The summed E-state index contributed by atoms with van der Waals surface area (Å²) < 4.78 is 6.91. The number of amides is 1. The van der Waals surface area contributed by atoms with Crippen molar-refractivity contribution in [3.63, 3.8) is 0 Å². The Bertz CT molecular complexity index is 1240. The molecular weight excluding hydrogens is 404 g/mol. The fourth-order valence-electron chi connectivity index (χ4n) is 3.66. The first-order valence-corrected chi connectivity index (χ1v) is 10.4. The van der Waals surface area contributed by atoms with E-state index in [0.717, 1.165) is 22.2 Å². The number of aromatic nitrogens is 3. The van der Waals surface area contributed by atoms with Gasteiger partial charge in [-0.3, -0.25) is 9.48 Å². The highest BCUT2D eigenvalue weighted by Crippen LogP contribution is 2.19. The van der Waals surface area contributed by atoms with Gasteiger partial charge in [0.05, 0.1) is 17.3 Å². The second-order valence-electron chi connectivity index (χ2n) is 7.60. The number of aryl methyl sites for hydroxylation is 2. The Kier molecular flexibility index (Phi) is 6.26. The molecule has 0 aliphatic heterocycles. The highest BCUT2D eigenvalue weighted by molar-refractivity contribution is 5.94. The molecule has 1 unspecified atom stereocenters. The van der Waals surface area contributed by atoms with Crippen LogP contribution in [0.4, 0.5) is 0 Å².